The maximum absolute atomic E-state index is 11.5. The highest BCUT2D eigenvalue weighted by Crippen LogP contribution is 2.09. The second-order valence-electron chi connectivity index (χ2n) is 4.65. The van der Waals surface area contributed by atoms with Gasteiger partial charge in [0.15, 0.2) is 0 Å². The first-order valence-electron chi connectivity index (χ1n) is 5.23. The molecule has 0 aliphatic carbocycles. The molecule has 0 aromatic rings. The molecule has 0 spiro atoms. The number of amides is 1. The lowest BCUT2D eigenvalue weighted by atomic mass is 10.1. The van der Waals surface area contributed by atoms with Crippen LogP contribution in [0.2, 0.25) is 0 Å². The minimum atomic E-state index is -1.29. The molecule has 0 aromatic carbocycles. The van der Waals surface area contributed by atoms with Crippen LogP contribution in [0.4, 0.5) is 4.79 Å². The minimum Gasteiger partial charge on any atom is -0.444 e. The summed E-state index contributed by atoms with van der Waals surface area (Å²) in [5.74, 6) is 0. The fraction of sp³-hybridized carbons (Fsp3) is 0.900. The quantitative estimate of drug-likeness (QED) is 0.409. The summed E-state index contributed by atoms with van der Waals surface area (Å²) in [6.07, 6.45) is -3.18. The molecule has 0 aromatic heterocycles. The molecule has 102 valence electrons. The van der Waals surface area contributed by atoms with E-state index < -0.39 is 36.6 Å². The van der Waals surface area contributed by atoms with Crippen molar-refractivity contribution in [1.29, 1.82) is 0 Å². The highest BCUT2D eigenvalue weighted by molar-refractivity contribution is 14.1. The zero-order chi connectivity index (χ0) is 13.6. The number of rotatable bonds is 5. The van der Waals surface area contributed by atoms with Gasteiger partial charge in [-0.3, -0.25) is 0 Å². The van der Waals surface area contributed by atoms with Gasteiger partial charge in [0, 0.05) is 4.43 Å². The van der Waals surface area contributed by atoms with Crippen LogP contribution < -0.4 is 5.32 Å². The molecule has 3 atom stereocenters. The Morgan fingerprint density at radius 2 is 1.94 bits per heavy atom. The summed E-state index contributed by atoms with van der Waals surface area (Å²) in [4.78, 5) is 11.5. The summed E-state index contributed by atoms with van der Waals surface area (Å²) < 4.78 is 5.41. The molecule has 1 amide bonds. The second kappa shape index (κ2) is 7.34. The van der Waals surface area contributed by atoms with Crippen molar-refractivity contribution in [3.05, 3.63) is 0 Å². The Kier molecular flexibility index (Phi) is 7.29. The number of ether oxygens (including phenoxy) is 1. The van der Waals surface area contributed by atoms with Crippen molar-refractivity contribution < 1.29 is 24.9 Å². The summed E-state index contributed by atoms with van der Waals surface area (Å²) in [7, 11) is 0. The zero-order valence-electron chi connectivity index (χ0n) is 10.2. The van der Waals surface area contributed by atoms with Crippen LogP contribution in [0.3, 0.4) is 0 Å². The molecule has 17 heavy (non-hydrogen) atoms. The number of aliphatic hydroxyl groups excluding tert-OH is 3. The van der Waals surface area contributed by atoms with Gasteiger partial charge in [0.1, 0.15) is 17.8 Å². The molecule has 0 unspecified atom stereocenters. The number of carbonyl (C=O) groups excluding carboxylic acids is 1. The summed E-state index contributed by atoms with van der Waals surface area (Å²) in [6, 6.07) is -0.674. The standard InChI is InChI=1S/C10H20INO5/c1-10(2,3)17-9(16)12-6(4-11)8(15)7(14)5-13/h6-8,13-15H,4-5H2,1-3H3,(H,12,16)/t6-,7-,8-/m0/s1. The average Bonchev–Trinajstić information content (AvgIpc) is 2.21. The Labute approximate surface area is 114 Å². The first-order chi connectivity index (χ1) is 7.71. The topological polar surface area (TPSA) is 99.0 Å². The molecule has 0 aliphatic rings. The van der Waals surface area contributed by atoms with E-state index in [9.17, 15) is 15.0 Å². The summed E-state index contributed by atoms with van der Waals surface area (Å²) in [6.45, 7) is 4.62. The van der Waals surface area contributed by atoms with Gasteiger partial charge in [-0.15, -0.1) is 0 Å². The molecule has 0 heterocycles. The van der Waals surface area contributed by atoms with Crippen LogP contribution in [0, 0.1) is 0 Å². The van der Waals surface area contributed by atoms with Gasteiger partial charge in [-0.25, -0.2) is 4.79 Å². The van der Waals surface area contributed by atoms with Crippen molar-refractivity contribution in [3.63, 3.8) is 0 Å². The van der Waals surface area contributed by atoms with E-state index in [-0.39, 0.29) is 0 Å². The number of hydrogen-bond acceptors (Lipinski definition) is 5. The number of aliphatic hydroxyl groups is 3. The van der Waals surface area contributed by atoms with Gasteiger partial charge < -0.3 is 25.4 Å². The molecule has 0 rings (SSSR count). The van der Waals surface area contributed by atoms with E-state index in [1.807, 2.05) is 22.6 Å². The predicted molar refractivity (Wildman–Crippen MR) is 71.1 cm³/mol. The van der Waals surface area contributed by atoms with Gasteiger partial charge in [0.2, 0.25) is 0 Å². The molecule has 6 nitrogen and oxygen atoms in total. The third-order valence-corrected chi connectivity index (χ3v) is 2.81. The molecule has 0 fully saturated rings. The summed E-state index contributed by atoms with van der Waals surface area (Å²) in [5.41, 5.74) is -0.625. The third kappa shape index (κ3) is 7.02. The molecule has 7 heteroatoms. The van der Waals surface area contributed by atoms with Crippen LogP contribution >= 0.6 is 22.6 Å². The van der Waals surface area contributed by atoms with E-state index in [2.05, 4.69) is 5.32 Å². The number of alkyl carbamates (subject to hydrolysis) is 1. The van der Waals surface area contributed by atoms with Gasteiger partial charge in [0.25, 0.3) is 0 Å². The fourth-order valence-electron chi connectivity index (χ4n) is 1.05. The number of halogens is 1. The lowest BCUT2D eigenvalue weighted by Crippen LogP contribution is -2.51. The van der Waals surface area contributed by atoms with Crippen LogP contribution in [0.15, 0.2) is 0 Å². The molecular weight excluding hydrogens is 341 g/mol. The number of carbonyl (C=O) groups is 1. The zero-order valence-corrected chi connectivity index (χ0v) is 12.3. The SMILES string of the molecule is CC(C)(C)OC(=O)N[C@@H](CI)[C@H](O)[C@@H](O)CO. The highest BCUT2D eigenvalue weighted by Gasteiger charge is 2.28. The van der Waals surface area contributed by atoms with Crippen LogP contribution in [-0.4, -0.2) is 56.3 Å². The lowest BCUT2D eigenvalue weighted by molar-refractivity contribution is -0.0297. The largest absolute Gasteiger partial charge is 0.444 e. The van der Waals surface area contributed by atoms with Crippen LogP contribution in [0.5, 0.6) is 0 Å². The van der Waals surface area contributed by atoms with Gasteiger partial charge in [-0.05, 0) is 20.8 Å². The summed E-state index contributed by atoms with van der Waals surface area (Å²) in [5, 5.41) is 30.1. The van der Waals surface area contributed by atoms with Gasteiger partial charge >= 0.3 is 6.09 Å². The van der Waals surface area contributed by atoms with Crippen molar-refractivity contribution in [2.45, 2.75) is 44.6 Å². The van der Waals surface area contributed by atoms with Crippen molar-refractivity contribution in [1.82, 2.24) is 5.32 Å². The molecule has 0 bridgehead atoms. The van der Waals surface area contributed by atoms with E-state index in [0.29, 0.717) is 4.43 Å². The predicted octanol–water partition coefficient (Wildman–Crippen LogP) is 0.0288. The van der Waals surface area contributed by atoms with E-state index in [0.717, 1.165) is 0 Å². The van der Waals surface area contributed by atoms with Crippen molar-refractivity contribution in [3.8, 4) is 0 Å². The third-order valence-electron chi connectivity index (χ3n) is 1.86. The normalized spacial score (nSPS) is 17.1. The molecule has 0 radical (unpaired) electrons. The second-order valence-corrected chi connectivity index (χ2v) is 5.53. The van der Waals surface area contributed by atoms with Crippen molar-refractivity contribution in [2.75, 3.05) is 11.0 Å². The van der Waals surface area contributed by atoms with E-state index >= 15 is 0 Å². The lowest BCUT2D eigenvalue weighted by Gasteiger charge is -2.27. The molecule has 0 aliphatic heterocycles. The monoisotopic (exact) mass is 361 g/mol. The van der Waals surface area contributed by atoms with Crippen LogP contribution in [0.1, 0.15) is 20.8 Å². The van der Waals surface area contributed by atoms with Gasteiger partial charge in [-0.1, -0.05) is 22.6 Å². The average molecular weight is 361 g/mol. The fourth-order valence-corrected chi connectivity index (χ4v) is 1.79. The maximum atomic E-state index is 11.5. The van der Waals surface area contributed by atoms with Crippen LogP contribution in [-0.2, 0) is 4.74 Å². The first kappa shape index (κ1) is 16.9. The Morgan fingerprint density at radius 1 is 1.41 bits per heavy atom. The van der Waals surface area contributed by atoms with E-state index in [1.54, 1.807) is 20.8 Å². The van der Waals surface area contributed by atoms with Gasteiger partial charge in [0.05, 0.1) is 12.6 Å². The highest BCUT2D eigenvalue weighted by atomic mass is 127. The minimum absolute atomic E-state index is 0.384. The van der Waals surface area contributed by atoms with E-state index in [1.165, 1.54) is 0 Å². The Hall–Kier alpha value is -0.120. The molecular formula is C10H20INO5. The molecule has 0 saturated carbocycles. The van der Waals surface area contributed by atoms with Crippen LogP contribution in [0.25, 0.3) is 0 Å². The molecule has 0 saturated heterocycles. The van der Waals surface area contributed by atoms with Gasteiger partial charge in [-0.2, -0.15) is 0 Å². The smallest absolute Gasteiger partial charge is 0.407 e. The van der Waals surface area contributed by atoms with E-state index in [4.69, 9.17) is 9.84 Å². The summed E-state index contributed by atoms with van der Waals surface area (Å²) >= 11 is 1.96. The Morgan fingerprint density at radius 3 is 2.29 bits per heavy atom. The Balaban J connectivity index is 4.35. The molecule has 4 N–H and O–H groups in total. The maximum Gasteiger partial charge on any atom is 0.407 e. The Bertz CT molecular complexity index is 243. The number of nitrogens with one attached hydrogen (secondary N) is 1. The van der Waals surface area contributed by atoms with Crippen molar-refractivity contribution in [2.24, 2.45) is 0 Å². The number of alkyl halides is 1. The number of hydrogen-bond donors (Lipinski definition) is 4. The first-order valence-corrected chi connectivity index (χ1v) is 6.76. The van der Waals surface area contributed by atoms with Crippen molar-refractivity contribution >= 4 is 28.7 Å².